The van der Waals surface area contributed by atoms with E-state index in [2.05, 4.69) is 10.6 Å². The van der Waals surface area contributed by atoms with E-state index in [1.54, 1.807) is 14.2 Å². The van der Waals surface area contributed by atoms with E-state index < -0.39 is 0 Å². The molecule has 1 aliphatic heterocycles. The van der Waals surface area contributed by atoms with E-state index in [0.29, 0.717) is 35.2 Å². The lowest BCUT2D eigenvalue weighted by atomic mass is 9.99. The topological polar surface area (TPSA) is 85.9 Å². The molecule has 1 aliphatic rings. The van der Waals surface area contributed by atoms with Crippen molar-refractivity contribution in [3.8, 4) is 28.4 Å². The minimum absolute atomic E-state index is 0.0600. The Morgan fingerprint density at radius 3 is 2.66 bits per heavy atom. The maximum atomic E-state index is 11.8. The van der Waals surface area contributed by atoms with Gasteiger partial charge in [-0.1, -0.05) is 11.6 Å². The van der Waals surface area contributed by atoms with E-state index in [4.69, 9.17) is 25.8 Å². The maximum absolute atomic E-state index is 11.8. The fourth-order valence-corrected chi connectivity index (χ4v) is 3.47. The Kier molecular flexibility index (Phi) is 6.49. The Morgan fingerprint density at radius 2 is 1.97 bits per heavy atom. The maximum Gasteiger partial charge on any atom is 0.239 e. The molecule has 1 atom stereocenters. The summed E-state index contributed by atoms with van der Waals surface area (Å²) in [5, 5.41) is 5.71. The van der Waals surface area contributed by atoms with Crippen molar-refractivity contribution in [3.63, 3.8) is 0 Å². The van der Waals surface area contributed by atoms with Gasteiger partial charge in [-0.3, -0.25) is 9.59 Å². The second-order valence-corrected chi connectivity index (χ2v) is 7.08. The third kappa shape index (κ3) is 4.92. The summed E-state index contributed by atoms with van der Waals surface area (Å²) in [5.41, 5.74) is 2.71. The predicted molar refractivity (Wildman–Crippen MR) is 110 cm³/mol. The number of fused-ring (bicyclic) bond motifs is 1. The normalized spacial score (nSPS) is 14.6. The van der Waals surface area contributed by atoms with Crippen molar-refractivity contribution in [1.82, 2.24) is 10.6 Å². The van der Waals surface area contributed by atoms with Gasteiger partial charge in [0.05, 0.1) is 32.3 Å². The summed E-state index contributed by atoms with van der Waals surface area (Å²) in [4.78, 5) is 22.7. The molecule has 1 heterocycles. The van der Waals surface area contributed by atoms with Gasteiger partial charge < -0.3 is 24.8 Å². The van der Waals surface area contributed by atoms with Crippen LogP contribution >= 0.6 is 11.6 Å². The molecule has 0 bridgehead atoms. The van der Waals surface area contributed by atoms with Crippen LogP contribution in [0.4, 0.5) is 0 Å². The van der Waals surface area contributed by atoms with Crippen molar-refractivity contribution in [3.05, 3.63) is 40.9 Å². The summed E-state index contributed by atoms with van der Waals surface area (Å²) < 4.78 is 16.7. The lowest BCUT2D eigenvalue weighted by Crippen LogP contribution is -2.40. The standard InChI is InChI=1S/C21H23ClN2O5/c1-12(25)23-11-20(26)24-10-16-7-14-6-13(8-18(22)21(14)29-16)17-9-15(27-2)4-5-19(17)28-3/h4-6,8-9,16H,7,10-11H2,1-3H3,(H,23,25)(H,24,26)/t16-/m1/s1. The van der Waals surface area contributed by atoms with Gasteiger partial charge >= 0.3 is 0 Å². The molecular formula is C21H23ClN2O5. The lowest BCUT2D eigenvalue weighted by molar-refractivity contribution is -0.125. The molecule has 0 fully saturated rings. The second kappa shape index (κ2) is 9.05. The summed E-state index contributed by atoms with van der Waals surface area (Å²) in [6.45, 7) is 1.62. The first-order chi connectivity index (χ1) is 13.9. The summed E-state index contributed by atoms with van der Waals surface area (Å²) in [6.07, 6.45) is 0.376. The van der Waals surface area contributed by atoms with Crippen LogP contribution in [0, 0.1) is 0 Å². The molecule has 2 amide bonds. The van der Waals surface area contributed by atoms with E-state index in [1.165, 1.54) is 6.92 Å². The van der Waals surface area contributed by atoms with Crippen LogP contribution in [0.1, 0.15) is 12.5 Å². The van der Waals surface area contributed by atoms with Gasteiger partial charge in [0, 0.05) is 24.5 Å². The Hall–Kier alpha value is -2.93. The van der Waals surface area contributed by atoms with Crippen LogP contribution in [0.15, 0.2) is 30.3 Å². The van der Waals surface area contributed by atoms with Gasteiger partial charge in [-0.15, -0.1) is 0 Å². The Bertz CT molecular complexity index is 932. The minimum Gasteiger partial charge on any atom is -0.497 e. The highest BCUT2D eigenvalue weighted by atomic mass is 35.5. The lowest BCUT2D eigenvalue weighted by Gasteiger charge is -2.13. The summed E-state index contributed by atoms with van der Waals surface area (Å²) in [7, 11) is 3.23. The molecular weight excluding hydrogens is 396 g/mol. The van der Waals surface area contributed by atoms with Gasteiger partial charge in [0.1, 0.15) is 23.4 Å². The largest absolute Gasteiger partial charge is 0.497 e. The van der Waals surface area contributed by atoms with E-state index in [9.17, 15) is 9.59 Å². The van der Waals surface area contributed by atoms with Gasteiger partial charge in [0.2, 0.25) is 11.8 Å². The Labute approximate surface area is 174 Å². The average molecular weight is 419 g/mol. The molecule has 0 saturated carbocycles. The number of carbonyl (C=O) groups excluding carboxylic acids is 2. The molecule has 0 aliphatic carbocycles. The SMILES string of the molecule is COc1ccc(OC)c(-c2cc(Cl)c3c(c2)C[C@H](CNC(=O)CNC(C)=O)O3)c1. The Morgan fingerprint density at radius 1 is 1.17 bits per heavy atom. The quantitative estimate of drug-likeness (QED) is 0.721. The molecule has 0 unspecified atom stereocenters. The van der Waals surface area contributed by atoms with Crippen LogP contribution < -0.4 is 24.8 Å². The van der Waals surface area contributed by atoms with E-state index in [0.717, 1.165) is 16.7 Å². The van der Waals surface area contributed by atoms with Crippen LogP contribution in [-0.4, -0.2) is 45.2 Å². The third-order valence-corrected chi connectivity index (χ3v) is 4.88. The summed E-state index contributed by atoms with van der Waals surface area (Å²) >= 11 is 6.47. The van der Waals surface area contributed by atoms with Crippen molar-refractivity contribution >= 4 is 23.4 Å². The number of ether oxygens (including phenoxy) is 3. The van der Waals surface area contributed by atoms with Crippen molar-refractivity contribution in [2.24, 2.45) is 0 Å². The second-order valence-electron chi connectivity index (χ2n) is 6.67. The van der Waals surface area contributed by atoms with Gasteiger partial charge in [-0.05, 0) is 35.9 Å². The van der Waals surface area contributed by atoms with Crippen molar-refractivity contribution in [2.75, 3.05) is 27.3 Å². The highest BCUT2D eigenvalue weighted by Gasteiger charge is 2.27. The first-order valence-corrected chi connectivity index (χ1v) is 9.51. The number of hydrogen-bond donors (Lipinski definition) is 2. The van der Waals surface area contributed by atoms with E-state index in [-0.39, 0.29) is 24.5 Å². The van der Waals surface area contributed by atoms with Crippen LogP contribution in [0.2, 0.25) is 5.02 Å². The number of hydrogen-bond acceptors (Lipinski definition) is 5. The molecule has 29 heavy (non-hydrogen) atoms. The van der Waals surface area contributed by atoms with Crippen molar-refractivity contribution < 1.29 is 23.8 Å². The molecule has 7 nitrogen and oxygen atoms in total. The molecule has 2 aromatic carbocycles. The average Bonchev–Trinajstić information content (AvgIpc) is 3.13. The van der Waals surface area contributed by atoms with Crippen LogP contribution in [0.3, 0.4) is 0 Å². The zero-order valence-electron chi connectivity index (χ0n) is 16.5. The van der Waals surface area contributed by atoms with Crippen molar-refractivity contribution in [1.29, 1.82) is 0 Å². The van der Waals surface area contributed by atoms with E-state index in [1.807, 2.05) is 30.3 Å². The van der Waals surface area contributed by atoms with Crippen molar-refractivity contribution in [2.45, 2.75) is 19.4 Å². The fraction of sp³-hybridized carbons (Fsp3) is 0.333. The van der Waals surface area contributed by atoms with E-state index >= 15 is 0 Å². The molecule has 0 spiro atoms. The number of benzene rings is 2. The van der Waals surface area contributed by atoms with Gasteiger partial charge in [0.25, 0.3) is 0 Å². The van der Waals surface area contributed by atoms with Crippen LogP contribution in [0.25, 0.3) is 11.1 Å². The predicted octanol–water partition coefficient (Wildman–Crippen LogP) is 2.58. The molecule has 0 saturated heterocycles. The summed E-state index contributed by atoms with van der Waals surface area (Å²) in [5.74, 6) is 1.53. The van der Waals surface area contributed by atoms with Crippen LogP contribution in [-0.2, 0) is 16.0 Å². The number of amides is 2. The fourth-order valence-electron chi connectivity index (χ4n) is 3.19. The van der Waals surface area contributed by atoms with Gasteiger partial charge in [-0.2, -0.15) is 0 Å². The minimum atomic E-state index is -0.271. The molecule has 0 aromatic heterocycles. The molecule has 2 N–H and O–H groups in total. The molecule has 154 valence electrons. The number of nitrogens with one attached hydrogen (secondary N) is 2. The number of halogens is 1. The zero-order valence-corrected chi connectivity index (χ0v) is 17.3. The first-order valence-electron chi connectivity index (χ1n) is 9.14. The number of carbonyl (C=O) groups is 2. The summed E-state index contributed by atoms with van der Waals surface area (Å²) in [6, 6.07) is 9.42. The highest BCUT2D eigenvalue weighted by Crippen LogP contribution is 2.42. The Balaban J connectivity index is 1.74. The number of methoxy groups -OCH3 is 2. The smallest absolute Gasteiger partial charge is 0.239 e. The van der Waals surface area contributed by atoms with Gasteiger partial charge in [-0.25, -0.2) is 0 Å². The molecule has 8 heteroatoms. The molecule has 0 radical (unpaired) electrons. The first kappa shape index (κ1) is 20.8. The van der Waals surface area contributed by atoms with Crippen LogP contribution in [0.5, 0.6) is 17.2 Å². The van der Waals surface area contributed by atoms with Gasteiger partial charge in [0.15, 0.2) is 0 Å². The monoisotopic (exact) mass is 418 g/mol. The third-order valence-electron chi connectivity index (χ3n) is 4.60. The molecule has 2 aromatic rings. The highest BCUT2D eigenvalue weighted by molar-refractivity contribution is 6.32. The zero-order chi connectivity index (χ0) is 21.0. The number of rotatable bonds is 7. The molecule has 3 rings (SSSR count).